The van der Waals surface area contributed by atoms with E-state index in [1.54, 1.807) is 4.90 Å². The Labute approximate surface area is 177 Å². The number of hydrogen-bond acceptors (Lipinski definition) is 5. The molecule has 30 heavy (non-hydrogen) atoms. The van der Waals surface area contributed by atoms with Gasteiger partial charge in [0.25, 0.3) is 5.91 Å². The number of rotatable bonds is 1. The van der Waals surface area contributed by atoms with Crippen molar-refractivity contribution in [1.29, 1.82) is 0 Å². The second-order valence-corrected chi connectivity index (χ2v) is 10.8. The van der Waals surface area contributed by atoms with E-state index in [0.717, 1.165) is 30.6 Å². The molecule has 3 atom stereocenters. The fourth-order valence-electron chi connectivity index (χ4n) is 6.03. The first-order valence-corrected chi connectivity index (χ1v) is 12.6. The van der Waals surface area contributed by atoms with Crippen molar-refractivity contribution in [3.63, 3.8) is 0 Å². The molecule has 0 aliphatic carbocycles. The molecule has 1 spiro atoms. The predicted octanol–water partition coefficient (Wildman–Crippen LogP) is 0.494. The molecular weight excluding hydrogens is 404 g/mol. The van der Waals surface area contributed by atoms with Gasteiger partial charge in [-0.05, 0) is 38.3 Å². The number of nitrogens with zero attached hydrogens (tertiary/aromatic N) is 3. The van der Waals surface area contributed by atoms with Crippen LogP contribution >= 0.6 is 0 Å². The van der Waals surface area contributed by atoms with Crippen molar-refractivity contribution in [1.82, 2.24) is 14.5 Å². The van der Waals surface area contributed by atoms with Crippen LogP contribution in [0.2, 0.25) is 0 Å². The van der Waals surface area contributed by atoms with E-state index in [2.05, 4.69) is 10.2 Å². The van der Waals surface area contributed by atoms with Gasteiger partial charge >= 0.3 is 0 Å². The van der Waals surface area contributed by atoms with Crippen LogP contribution in [0.25, 0.3) is 0 Å². The molecule has 0 aromatic heterocycles. The fourth-order valence-corrected chi connectivity index (χ4v) is 6.90. The molecule has 3 saturated heterocycles. The summed E-state index contributed by atoms with van der Waals surface area (Å²) in [5.41, 5.74) is 0.724. The van der Waals surface area contributed by atoms with Gasteiger partial charge in [-0.1, -0.05) is 18.2 Å². The zero-order valence-corrected chi connectivity index (χ0v) is 18.0. The molecule has 162 valence electrons. The number of hydrogen-bond donors (Lipinski definition) is 1. The van der Waals surface area contributed by atoms with Crippen LogP contribution in [0.1, 0.15) is 31.2 Å². The predicted molar refractivity (Wildman–Crippen MR) is 112 cm³/mol. The fraction of sp³-hybridized carbons (Fsp3) is 0.619. The van der Waals surface area contributed by atoms with Crippen LogP contribution < -0.4 is 10.2 Å². The maximum atomic E-state index is 14.1. The second kappa shape index (κ2) is 7.03. The molecular formula is C21H28N4O4S. The highest BCUT2D eigenvalue weighted by molar-refractivity contribution is 7.88. The van der Waals surface area contributed by atoms with Gasteiger partial charge in [0.05, 0.1) is 12.2 Å². The van der Waals surface area contributed by atoms with Crippen LogP contribution in [0, 0.1) is 5.92 Å². The Morgan fingerprint density at radius 3 is 2.67 bits per heavy atom. The third-order valence-corrected chi connectivity index (χ3v) is 8.56. The topological polar surface area (TPSA) is 90.0 Å². The molecule has 1 aromatic carbocycles. The van der Waals surface area contributed by atoms with E-state index in [0.29, 0.717) is 25.9 Å². The first-order valence-electron chi connectivity index (χ1n) is 10.8. The summed E-state index contributed by atoms with van der Waals surface area (Å²) in [7, 11) is -3.40. The van der Waals surface area contributed by atoms with Crippen molar-refractivity contribution < 1.29 is 18.0 Å². The van der Waals surface area contributed by atoms with Crippen molar-refractivity contribution in [3.05, 3.63) is 29.8 Å². The molecule has 0 radical (unpaired) electrons. The molecule has 0 unspecified atom stereocenters. The lowest BCUT2D eigenvalue weighted by Gasteiger charge is -2.37. The standard InChI is InChI=1S/C21H28N4O4S/c1-30(28,29)23-10-5-9-22-19(26)17-14-15-6-4-11-25(15)21(17)16-7-2-3-8-18(16)24(13-12-23)20(21)27/h2-3,7-8,15,17H,4-6,9-14H2,1H3,(H,22,26)/t15-,17-,21+/m0/s1. The Hall–Kier alpha value is -1.97. The number of para-hydroxylation sites is 1. The van der Waals surface area contributed by atoms with Crippen LogP contribution in [0.15, 0.2) is 24.3 Å². The number of fused-ring (bicyclic) bond motifs is 4. The van der Waals surface area contributed by atoms with E-state index in [1.807, 2.05) is 24.3 Å². The molecule has 4 heterocycles. The van der Waals surface area contributed by atoms with Gasteiger partial charge in [-0.25, -0.2) is 12.7 Å². The van der Waals surface area contributed by atoms with Gasteiger partial charge in [0.1, 0.15) is 5.54 Å². The average molecular weight is 433 g/mol. The summed E-state index contributed by atoms with van der Waals surface area (Å²) >= 11 is 0. The largest absolute Gasteiger partial charge is 0.356 e. The van der Waals surface area contributed by atoms with E-state index < -0.39 is 21.5 Å². The van der Waals surface area contributed by atoms with Crippen molar-refractivity contribution in [2.45, 2.75) is 37.3 Å². The minimum atomic E-state index is -3.40. The Bertz CT molecular complexity index is 996. The molecule has 9 heteroatoms. The quantitative estimate of drug-likeness (QED) is 0.698. The second-order valence-electron chi connectivity index (χ2n) is 8.82. The highest BCUT2D eigenvalue weighted by Gasteiger charge is 2.67. The number of sulfonamides is 1. The third-order valence-electron chi connectivity index (χ3n) is 7.26. The van der Waals surface area contributed by atoms with Crippen LogP contribution in [0.4, 0.5) is 5.69 Å². The maximum absolute atomic E-state index is 14.1. The minimum absolute atomic E-state index is 0.0812. The highest BCUT2D eigenvalue weighted by atomic mass is 32.2. The molecule has 0 saturated carbocycles. The van der Waals surface area contributed by atoms with Gasteiger partial charge in [-0.3, -0.25) is 14.5 Å². The van der Waals surface area contributed by atoms with E-state index >= 15 is 0 Å². The number of anilines is 1. The molecule has 4 aliphatic rings. The molecule has 1 N–H and O–H groups in total. The Morgan fingerprint density at radius 2 is 1.87 bits per heavy atom. The van der Waals surface area contributed by atoms with Gasteiger partial charge in [0.2, 0.25) is 15.9 Å². The van der Waals surface area contributed by atoms with E-state index in [4.69, 9.17) is 0 Å². The Morgan fingerprint density at radius 1 is 1.07 bits per heavy atom. The summed E-state index contributed by atoms with van der Waals surface area (Å²) in [5, 5.41) is 3.00. The first-order chi connectivity index (χ1) is 14.3. The third kappa shape index (κ3) is 2.75. The van der Waals surface area contributed by atoms with Crippen LogP contribution in [0.5, 0.6) is 0 Å². The van der Waals surface area contributed by atoms with Crippen molar-refractivity contribution in [2.75, 3.05) is 43.9 Å². The van der Waals surface area contributed by atoms with Gasteiger partial charge in [0, 0.05) is 43.5 Å². The number of amides is 2. The summed E-state index contributed by atoms with van der Waals surface area (Å²) < 4.78 is 25.9. The number of carbonyl (C=O) groups excluding carboxylic acids is 2. The van der Waals surface area contributed by atoms with E-state index in [-0.39, 0.29) is 30.9 Å². The highest BCUT2D eigenvalue weighted by Crippen LogP contribution is 2.56. The summed E-state index contributed by atoms with van der Waals surface area (Å²) in [4.78, 5) is 31.4. The lowest BCUT2D eigenvalue weighted by molar-refractivity contribution is -0.138. The zero-order valence-electron chi connectivity index (χ0n) is 17.2. The summed E-state index contributed by atoms with van der Waals surface area (Å²) in [6, 6.07) is 7.95. The normalized spacial score (nSPS) is 32.8. The Kier molecular flexibility index (Phi) is 4.68. The van der Waals surface area contributed by atoms with Gasteiger partial charge in [-0.15, -0.1) is 0 Å². The number of carbonyl (C=O) groups is 2. The lowest BCUT2D eigenvalue weighted by Crippen LogP contribution is -2.57. The summed E-state index contributed by atoms with van der Waals surface area (Å²) in [6.45, 7) is 2.07. The smallest absolute Gasteiger partial charge is 0.253 e. The average Bonchev–Trinajstić information content (AvgIpc) is 3.34. The monoisotopic (exact) mass is 432 g/mol. The lowest BCUT2D eigenvalue weighted by atomic mass is 9.78. The van der Waals surface area contributed by atoms with Crippen molar-refractivity contribution >= 4 is 27.5 Å². The summed E-state index contributed by atoms with van der Waals surface area (Å²) in [6.07, 6.45) is 4.46. The first kappa shape index (κ1) is 20.0. The molecule has 4 aliphatic heterocycles. The molecule has 3 fully saturated rings. The Balaban J connectivity index is 1.64. The van der Waals surface area contributed by atoms with Gasteiger partial charge < -0.3 is 10.2 Å². The molecule has 1 aromatic rings. The van der Waals surface area contributed by atoms with E-state index in [1.165, 1.54) is 10.6 Å². The SMILES string of the molecule is CS(=O)(=O)N1CCCNC(=O)[C@@H]2C[C@@H]3CCCN3[C@@]23C(=O)N(CC1)c1ccccc13. The van der Waals surface area contributed by atoms with Gasteiger partial charge in [-0.2, -0.15) is 0 Å². The number of nitrogens with one attached hydrogen (secondary N) is 1. The van der Waals surface area contributed by atoms with E-state index in [9.17, 15) is 18.0 Å². The maximum Gasteiger partial charge on any atom is 0.253 e. The number of benzene rings is 1. The van der Waals surface area contributed by atoms with Crippen molar-refractivity contribution in [3.8, 4) is 0 Å². The molecule has 2 bridgehead atoms. The van der Waals surface area contributed by atoms with Crippen molar-refractivity contribution in [2.24, 2.45) is 5.92 Å². The summed E-state index contributed by atoms with van der Waals surface area (Å²) in [5.74, 6) is -0.602. The molecule has 2 amide bonds. The molecule has 8 nitrogen and oxygen atoms in total. The molecule has 5 rings (SSSR count). The zero-order chi connectivity index (χ0) is 21.1. The van der Waals surface area contributed by atoms with Crippen LogP contribution in [-0.4, -0.2) is 74.5 Å². The van der Waals surface area contributed by atoms with Crippen LogP contribution in [0.3, 0.4) is 0 Å². The minimum Gasteiger partial charge on any atom is -0.356 e. The van der Waals surface area contributed by atoms with Crippen LogP contribution in [-0.2, 0) is 25.2 Å². The van der Waals surface area contributed by atoms with Gasteiger partial charge in [0.15, 0.2) is 0 Å².